The average Bonchev–Trinajstić information content (AvgIpc) is 2.78. The maximum absolute atomic E-state index is 9.06. The van der Waals surface area contributed by atoms with Crippen molar-refractivity contribution in [3.05, 3.63) is 37.6 Å². The number of rotatable bonds is 2. The van der Waals surface area contributed by atoms with Gasteiger partial charge in [-0.25, -0.2) is 0 Å². The summed E-state index contributed by atoms with van der Waals surface area (Å²) in [4.78, 5) is 1.21. The van der Waals surface area contributed by atoms with Gasteiger partial charge in [0, 0.05) is 20.4 Å². The van der Waals surface area contributed by atoms with E-state index in [4.69, 9.17) is 11.0 Å². The van der Waals surface area contributed by atoms with Gasteiger partial charge in [0.05, 0.1) is 12.1 Å². The van der Waals surface area contributed by atoms with Crippen molar-refractivity contribution in [2.75, 3.05) is 5.73 Å². The van der Waals surface area contributed by atoms with Crippen LogP contribution in [-0.2, 0) is 6.54 Å². The fourth-order valence-corrected chi connectivity index (χ4v) is 3.27. The van der Waals surface area contributed by atoms with E-state index in [1.54, 1.807) is 11.3 Å². The zero-order valence-corrected chi connectivity index (χ0v) is 12.0. The van der Waals surface area contributed by atoms with Gasteiger partial charge in [-0.15, -0.1) is 11.3 Å². The molecule has 0 spiro atoms. The number of hydrogen-bond donors (Lipinski definition) is 1. The van der Waals surface area contributed by atoms with E-state index in [0.29, 0.717) is 11.4 Å². The van der Waals surface area contributed by atoms with Crippen LogP contribution in [0.1, 0.15) is 21.7 Å². The molecule has 0 aliphatic rings. The third kappa shape index (κ3) is 2.11. The largest absolute Gasteiger partial charge is 0.384 e. The van der Waals surface area contributed by atoms with E-state index in [2.05, 4.69) is 28.1 Å². The molecular formula is C12H12BrN3S. The predicted molar refractivity (Wildman–Crippen MR) is 74.2 cm³/mol. The highest BCUT2D eigenvalue weighted by Gasteiger charge is 2.15. The molecular weight excluding hydrogens is 298 g/mol. The lowest BCUT2D eigenvalue weighted by molar-refractivity contribution is 0.795. The first-order chi connectivity index (χ1) is 8.04. The van der Waals surface area contributed by atoms with Crippen LogP contribution < -0.4 is 5.73 Å². The summed E-state index contributed by atoms with van der Waals surface area (Å²) in [6.45, 7) is 4.65. The number of nitrogen functional groups attached to an aromatic ring is 1. The molecule has 88 valence electrons. The topological polar surface area (TPSA) is 54.7 Å². The van der Waals surface area contributed by atoms with Gasteiger partial charge in [-0.05, 0) is 41.4 Å². The van der Waals surface area contributed by atoms with E-state index in [-0.39, 0.29) is 0 Å². The van der Waals surface area contributed by atoms with Crippen molar-refractivity contribution in [3.63, 3.8) is 0 Å². The molecule has 2 aromatic heterocycles. The Labute approximate surface area is 113 Å². The molecule has 0 atom stereocenters. The average molecular weight is 310 g/mol. The molecule has 0 saturated heterocycles. The minimum absolute atomic E-state index is 0.562. The van der Waals surface area contributed by atoms with Gasteiger partial charge in [0.2, 0.25) is 0 Å². The van der Waals surface area contributed by atoms with Crippen LogP contribution in [0.5, 0.6) is 0 Å². The molecule has 2 aromatic rings. The molecule has 0 radical (unpaired) electrons. The lowest BCUT2D eigenvalue weighted by atomic mass is 10.2. The molecule has 0 aromatic carbocycles. The fourth-order valence-electron chi connectivity index (χ4n) is 1.83. The molecule has 5 heteroatoms. The van der Waals surface area contributed by atoms with Crippen molar-refractivity contribution in [2.45, 2.75) is 20.4 Å². The second-order valence-corrected chi connectivity index (χ2v) is 5.81. The van der Waals surface area contributed by atoms with Crippen LogP contribution in [0.15, 0.2) is 15.9 Å². The molecule has 2 heterocycles. The zero-order valence-electron chi connectivity index (χ0n) is 9.62. The second-order valence-electron chi connectivity index (χ2n) is 3.90. The van der Waals surface area contributed by atoms with Gasteiger partial charge < -0.3 is 10.3 Å². The van der Waals surface area contributed by atoms with Crippen molar-refractivity contribution in [1.82, 2.24) is 4.57 Å². The smallest absolute Gasteiger partial charge is 0.122 e. The van der Waals surface area contributed by atoms with Crippen LogP contribution in [0.2, 0.25) is 0 Å². The van der Waals surface area contributed by atoms with Gasteiger partial charge in [0.25, 0.3) is 0 Å². The Morgan fingerprint density at radius 2 is 2.24 bits per heavy atom. The molecule has 17 heavy (non-hydrogen) atoms. The summed E-state index contributed by atoms with van der Waals surface area (Å²) in [6.07, 6.45) is 0. The molecule has 0 bridgehead atoms. The molecule has 0 aliphatic carbocycles. The van der Waals surface area contributed by atoms with Crippen molar-refractivity contribution in [2.24, 2.45) is 0 Å². The molecule has 0 fully saturated rings. The van der Waals surface area contributed by atoms with Gasteiger partial charge in [0.1, 0.15) is 11.9 Å². The number of thiophene rings is 1. The van der Waals surface area contributed by atoms with E-state index in [1.165, 1.54) is 4.88 Å². The van der Waals surface area contributed by atoms with Gasteiger partial charge >= 0.3 is 0 Å². The normalized spacial score (nSPS) is 10.5. The third-order valence-electron chi connectivity index (χ3n) is 2.92. The van der Waals surface area contributed by atoms with Crippen LogP contribution in [0.25, 0.3) is 0 Å². The lowest BCUT2D eigenvalue weighted by Gasteiger charge is -2.07. The van der Waals surface area contributed by atoms with E-state index < -0.39 is 0 Å². The fraction of sp³-hybridized carbons (Fsp3) is 0.250. The van der Waals surface area contributed by atoms with Gasteiger partial charge in [-0.1, -0.05) is 0 Å². The first-order valence-corrected chi connectivity index (χ1v) is 6.80. The quantitative estimate of drug-likeness (QED) is 0.924. The summed E-state index contributed by atoms with van der Waals surface area (Å²) >= 11 is 5.11. The maximum Gasteiger partial charge on any atom is 0.122 e. The number of nitriles is 1. The highest BCUT2D eigenvalue weighted by Crippen LogP contribution is 2.27. The van der Waals surface area contributed by atoms with Crippen molar-refractivity contribution in [3.8, 4) is 6.07 Å². The Morgan fingerprint density at radius 1 is 1.53 bits per heavy atom. The van der Waals surface area contributed by atoms with Gasteiger partial charge in [0.15, 0.2) is 0 Å². The number of nitrogens with two attached hydrogens (primary N) is 1. The predicted octanol–water partition coefficient (Wildman–Crippen LogP) is 3.43. The van der Waals surface area contributed by atoms with E-state index in [1.807, 2.05) is 23.8 Å². The highest BCUT2D eigenvalue weighted by atomic mass is 79.9. The van der Waals surface area contributed by atoms with Gasteiger partial charge in [-0.3, -0.25) is 0 Å². The Morgan fingerprint density at radius 3 is 2.71 bits per heavy atom. The SMILES string of the molecule is Cc1c(C#N)c(N)n(Cc2cc(Br)cs2)c1C. The number of aromatic nitrogens is 1. The maximum atomic E-state index is 9.06. The monoisotopic (exact) mass is 309 g/mol. The molecule has 2 rings (SSSR count). The third-order valence-corrected chi connectivity index (χ3v) is 4.60. The summed E-state index contributed by atoms with van der Waals surface area (Å²) in [5.74, 6) is 0.562. The molecule has 0 unspecified atom stereocenters. The molecule has 0 amide bonds. The Balaban J connectivity index is 2.44. The van der Waals surface area contributed by atoms with Crippen LogP contribution in [-0.4, -0.2) is 4.57 Å². The van der Waals surface area contributed by atoms with Crippen LogP contribution in [0, 0.1) is 25.2 Å². The van der Waals surface area contributed by atoms with Gasteiger partial charge in [-0.2, -0.15) is 5.26 Å². The minimum atomic E-state index is 0.562. The summed E-state index contributed by atoms with van der Waals surface area (Å²) in [6, 6.07) is 4.24. The van der Waals surface area contributed by atoms with E-state index >= 15 is 0 Å². The summed E-state index contributed by atoms with van der Waals surface area (Å²) in [5, 5.41) is 11.1. The molecule has 0 aliphatic heterocycles. The van der Waals surface area contributed by atoms with Crippen LogP contribution in [0.3, 0.4) is 0 Å². The first-order valence-electron chi connectivity index (χ1n) is 5.12. The lowest BCUT2D eigenvalue weighted by Crippen LogP contribution is -2.05. The molecule has 3 nitrogen and oxygen atoms in total. The van der Waals surface area contributed by atoms with Crippen LogP contribution >= 0.6 is 27.3 Å². The Bertz CT molecular complexity index is 604. The number of anilines is 1. The Hall–Kier alpha value is -1.25. The minimum Gasteiger partial charge on any atom is -0.384 e. The molecule has 2 N–H and O–H groups in total. The number of hydrogen-bond acceptors (Lipinski definition) is 3. The van der Waals surface area contributed by atoms with Crippen molar-refractivity contribution < 1.29 is 0 Å². The van der Waals surface area contributed by atoms with Crippen molar-refractivity contribution >= 4 is 33.1 Å². The van der Waals surface area contributed by atoms with E-state index in [9.17, 15) is 0 Å². The molecule has 0 saturated carbocycles. The summed E-state index contributed by atoms with van der Waals surface area (Å²) in [5.41, 5.74) is 8.63. The number of halogens is 1. The number of nitrogens with zero attached hydrogens (tertiary/aromatic N) is 2. The second kappa shape index (κ2) is 4.55. The standard InChI is InChI=1S/C12H12BrN3S/c1-7-8(2)16(12(15)11(7)4-14)5-10-3-9(13)6-17-10/h3,6H,5,15H2,1-2H3. The summed E-state index contributed by atoms with van der Waals surface area (Å²) < 4.78 is 3.07. The zero-order chi connectivity index (χ0) is 12.6. The first kappa shape index (κ1) is 12.2. The summed E-state index contributed by atoms with van der Waals surface area (Å²) in [7, 11) is 0. The Kier molecular flexibility index (Phi) is 3.27. The van der Waals surface area contributed by atoms with Crippen LogP contribution in [0.4, 0.5) is 5.82 Å². The van der Waals surface area contributed by atoms with Crippen molar-refractivity contribution in [1.29, 1.82) is 5.26 Å². The van der Waals surface area contributed by atoms with E-state index in [0.717, 1.165) is 22.3 Å². The highest BCUT2D eigenvalue weighted by molar-refractivity contribution is 9.10.